The molecule has 0 bridgehead atoms. The van der Waals surface area contributed by atoms with Gasteiger partial charge in [0.1, 0.15) is 11.7 Å². The Morgan fingerprint density at radius 1 is 1.09 bits per heavy atom. The van der Waals surface area contributed by atoms with E-state index in [-0.39, 0.29) is 5.78 Å². The number of likely N-dealkylation sites (tertiary alicyclic amines) is 1. The lowest BCUT2D eigenvalue weighted by molar-refractivity contribution is -0.140. The minimum atomic E-state index is -1.05. The van der Waals surface area contributed by atoms with E-state index >= 15 is 0 Å². The number of hydrogen-bond donors (Lipinski definition) is 0. The number of benzene rings is 2. The summed E-state index contributed by atoms with van der Waals surface area (Å²) in [6, 6.07) is 12.4. The number of methoxy groups -OCH3 is 1. The molecule has 1 fully saturated rings. The summed E-state index contributed by atoms with van der Waals surface area (Å²) < 4.78 is 5.29. The number of carbonyl (C=O) groups excluding carboxylic acids is 3. The Kier molecular flexibility index (Phi) is 7.46. The highest BCUT2D eigenvalue weighted by molar-refractivity contribution is 6.44. The van der Waals surface area contributed by atoms with E-state index in [0.717, 1.165) is 36.1 Å². The van der Waals surface area contributed by atoms with Crippen LogP contribution in [0.4, 0.5) is 0 Å². The minimum absolute atomic E-state index is 0.325. The molecule has 0 radical (unpaired) electrons. The molecule has 2 atom stereocenters. The standard InChI is InChI=1S/C26H32N2O4/c1-6-18-8-10-19(11-9-18)23-22(24(29)20-12-13-21(32-5)17(2)16-20)25(30)26(31)28(23)15-7-14-27(3)4/h8-13,16,22-23H,6-7,14-15H2,1-5H3. The number of Topliss-reactive ketones (excluding diaryl/α,β-unsaturated/α-hetero) is 2. The van der Waals surface area contributed by atoms with Crippen molar-refractivity contribution in [1.82, 2.24) is 9.80 Å². The van der Waals surface area contributed by atoms with Crippen LogP contribution in [0.1, 0.15) is 46.4 Å². The molecule has 0 aliphatic carbocycles. The van der Waals surface area contributed by atoms with Crippen molar-refractivity contribution >= 4 is 17.5 Å². The van der Waals surface area contributed by atoms with Crippen molar-refractivity contribution in [2.45, 2.75) is 32.7 Å². The molecule has 1 amide bonds. The molecule has 0 saturated carbocycles. The summed E-state index contributed by atoms with van der Waals surface area (Å²) in [5, 5.41) is 0. The summed E-state index contributed by atoms with van der Waals surface area (Å²) >= 11 is 0. The molecule has 3 rings (SSSR count). The number of aryl methyl sites for hydroxylation is 2. The fourth-order valence-electron chi connectivity index (χ4n) is 4.32. The smallest absolute Gasteiger partial charge is 0.291 e. The van der Waals surface area contributed by atoms with Crippen molar-refractivity contribution in [3.8, 4) is 5.75 Å². The third-order valence-electron chi connectivity index (χ3n) is 6.10. The van der Waals surface area contributed by atoms with Crippen molar-refractivity contribution in [2.24, 2.45) is 5.92 Å². The Balaban J connectivity index is 2.00. The molecule has 2 aromatic carbocycles. The Hall–Kier alpha value is -2.99. The molecule has 6 heteroatoms. The van der Waals surface area contributed by atoms with Crippen molar-refractivity contribution in [2.75, 3.05) is 34.3 Å². The second-order valence-electron chi connectivity index (χ2n) is 8.59. The predicted octanol–water partition coefficient (Wildman–Crippen LogP) is 3.47. The van der Waals surface area contributed by atoms with Crippen LogP contribution < -0.4 is 4.74 Å². The minimum Gasteiger partial charge on any atom is -0.496 e. The Labute approximate surface area is 190 Å². The first kappa shape index (κ1) is 23.7. The number of ether oxygens (including phenoxy) is 1. The largest absolute Gasteiger partial charge is 0.496 e. The number of nitrogens with zero attached hydrogens (tertiary/aromatic N) is 2. The Morgan fingerprint density at radius 2 is 1.78 bits per heavy atom. The molecular formula is C26H32N2O4. The van der Waals surface area contributed by atoms with Gasteiger partial charge in [-0.05, 0) is 75.3 Å². The van der Waals surface area contributed by atoms with Gasteiger partial charge in [-0.15, -0.1) is 0 Å². The van der Waals surface area contributed by atoms with E-state index in [4.69, 9.17) is 4.74 Å². The van der Waals surface area contributed by atoms with Crippen LogP contribution in [0.3, 0.4) is 0 Å². The quantitative estimate of drug-likeness (QED) is 0.342. The number of rotatable bonds is 9. The summed E-state index contributed by atoms with van der Waals surface area (Å²) in [7, 11) is 5.51. The van der Waals surface area contributed by atoms with Crippen LogP contribution in [0.5, 0.6) is 5.75 Å². The molecule has 0 aromatic heterocycles. The summed E-state index contributed by atoms with van der Waals surface area (Å²) in [5.74, 6) is -1.90. The van der Waals surface area contributed by atoms with Crippen molar-refractivity contribution in [3.05, 3.63) is 64.7 Å². The van der Waals surface area contributed by atoms with Gasteiger partial charge in [-0.25, -0.2) is 0 Å². The van der Waals surface area contributed by atoms with Gasteiger partial charge < -0.3 is 14.5 Å². The molecular weight excluding hydrogens is 404 g/mol. The van der Waals surface area contributed by atoms with Gasteiger partial charge in [0.05, 0.1) is 13.2 Å². The molecule has 2 unspecified atom stereocenters. The van der Waals surface area contributed by atoms with E-state index in [1.165, 1.54) is 0 Å². The topological polar surface area (TPSA) is 66.9 Å². The first-order valence-corrected chi connectivity index (χ1v) is 11.1. The van der Waals surface area contributed by atoms with E-state index in [9.17, 15) is 14.4 Å². The third-order valence-corrected chi connectivity index (χ3v) is 6.10. The van der Waals surface area contributed by atoms with Gasteiger partial charge in [0.15, 0.2) is 5.78 Å². The second-order valence-corrected chi connectivity index (χ2v) is 8.59. The highest BCUT2D eigenvalue weighted by Gasteiger charge is 2.51. The van der Waals surface area contributed by atoms with Crippen LogP contribution >= 0.6 is 0 Å². The van der Waals surface area contributed by atoms with Gasteiger partial charge in [0.2, 0.25) is 5.78 Å². The maximum Gasteiger partial charge on any atom is 0.291 e. The lowest BCUT2D eigenvalue weighted by Crippen LogP contribution is -2.33. The fourth-order valence-corrected chi connectivity index (χ4v) is 4.32. The molecule has 32 heavy (non-hydrogen) atoms. The van der Waals surface area contributed by atoms with Gasteiger partial charge in [-0.1, -0.05) is 31.2 Å². The lowest BCUT2D eigenvalue weighted by Gasteiger charge is -2.28. The summed E-state index contributed by atoms with van der Waals surface area (Å²) in [5.41, 5.74) is 3.20. The van der Waals surface area contributed by atoms with Crippen LogP contribution in [0, 0.1) is 12.8 Å². The van der Waals surface area contributed by atoms with E-state index in [1.807, 2.05) is 50.2 Å². The molecule has 1 aliphatic rings. The summed E-state index contributed by atoms with van der Waals surface area (Å²) in [6.45, 7) is 5.14. The van der Waals surface area contributed by atoms with Crippen LogP contribution in [0.2, 0.25) is 0 Å². The average molecular weight is 437 g/mol. The average Bonchev–Trinajstić information content (AvgIpc) is 3.03. The van der Waals surface area contributed by atoms with E-state index in [0.29, 0.717) is 17.9 Å². The van der Waals surface area contributed by atoms with Crippen molar-refractivity contribution in [1.29, 1.82) is 0 Å². The van der Waals surface area contributed by atoms with Gasteiger partial charge in [-0.2, -0.15) is 0 Å². The van der Waals surface area contributed by atoms with Crippen molar-refractivity contribution < 1.29 is 19.1 Å². The molecule has 1 heterocycles. The van der Waals surface area contributed by atoms with E-state index in [2.05, 4.69) is 6.92 Å². The molecule has 6 nitrogen and oxygen atoms in total. The zero-order chi connectivity index (χ0) is 23.4. The van der Waals surface area contributed by atoms with E-state index in [1.54, 1.807) is 30.2 Å². The highest BCUT2D eigenvalue weighted by Crippen LogP contribution is 2.38. The first-order chi connectivity index (χ1) is 15.3. The number of carbonyl (C=O) groups is 3. The van der Waals surface area contributed by atoms with Crippen LogP contribution in [-0.2, 0) is 16.0 Å². The molecule has 1 saturated heterocycles. The van der Waals surface area contributed by atoms with Gasteiger partial charge in [-0.3, -0.25) is 14.4 Å². The highest BCUT2D eigenvalue weighted by atomic mass is 16.5. The Bertz CT molecular complexity index is 997. The molecule has 0 N–H and O–H groups in total. The number of amides is 1. The Morgan fingerprint density at radius 3 is 2.34 bits per heavy atom. The zero-order valence-corrected chi connectivity index (χ0v) is 19.6. The van der Waals surface area contributed by atoms with Gasteiger partial charge in [0, 0.05) is 12.1 Å². The predicted molar refractivity (Wildman–Crippen MR) is 124 cm³/mol. The summed E-state index contributed by atoms with van der Waals surface area (Å²) in [4.78, 5) is 43.3. The zero-order valence-electron chi connectivity index (χ0n) is 19.6. The van der Waals surface area contributed by atoms with Crippen LogP contribution in [0.25, 0.3) is 0 Å². The fraction of sp³-hybridized carbons (Fsp3) is 0.423. The third kappa shape index (κ3) is 4.75. The molecule has 2 aromatic rings. The number of hydrogen-bond acceptors (Lipinski definition) is 5. The maximum absolute atomic E-state index is 13.5. The monoisotopic (exact) mass is 436 g/mol. The van der Waals surface area contributed by atoms with Crippen LogP contribution in [-0.4, -0.2) is 61.6 Å². The molecule has 170 valence electrons. The van der Waals surface area contributed by atoms with Crippen molar-refractivity contribution in [3.63, 3.8) is 0 Å². The molecule has 1 aliphatic heterocycles. The lowest BCUT2D eigenvalue weighted by atomic mass is 9.85. The van der Waals surface area contributed by atoms with Gasteiger partial charge in [0.25, 0.3) is 5.91 Å². The normalized spacial score (nSPS) is 18.5. The van der Waals surface area contributed by atoms with Crippen LogP contribution in [0.15, 0.2) is 42.5 Å². The first-order valence-electron chi connectivity index (χ1n) is 11.1. The van der Waals surface area contributed by atoms with E-state index < -0.39 is 23.7 Å². The number of ketones is 2. The maximum atomic E-state index is 13.5. The van der Waals surface area contributed by atoms with Gasteiger partial charge >= 0.3 is 0 Å². The second kappa shape index (κ2) is 10.1. The molecule has 0 spiro atoms. The summed E-state index contributed by atoms with van der Waals surface area (Å²) in [6.07, 6.45) is 1.61. The SMILES string of the molecule is CCc1ccc(C2C(C(=O)c3ccc(OC)c(C)c3)C(=O)C(=O)N2CCCN(C)C)cc1.